The fraction of sp³-hybridized carbons (Fsp3) is 0.412. The maximum absolute atomic E-state index is 12.7. The third kappa shape index (κ3) is 2.46. The van der Waals surface area contributed by atoms with E-state index >= 15 is 0 Å². The Labute approximate surface area is 125 Å². The molecule has 0 aliphatic heterocycles. The first-order chi connectivity index (χ1) is 10.2. The van der Waals surface area contributed by atoms with E-state index in [0.29, 0.717) is 5.56 Å². The summed E-state index contributed by atoms with van der Waals surface area (Å²) >= 11 is 0. The molecule has 1 heterocycles. The highest BCUT2D eigenvalue weighted by Crippen LogP contribution is 2.35. The number of rotatable bonds is 4. The molecule has 0 saturated heterocycles. The van der Waals surface area contributed by atoms with Crippen LogP contribution in [-0.2, 0) is 0 Å². The van der Waals surface area contributed by atoms with E-state index in [1.165, 1.54) is 6.42 Å². The fourth-order valence-electron chi connectivity index (χ4n) is 2.97. The lowest BCUT2D eigenvalue weighted by molar-refractivity contribution is 0.0822. The zero-order valence-corrected chi connectivity index (χ0v) is 12.6. The average Bonchev–Trinajstić information content (AvgIpc) is 2.49. The first kappa shape index (κ1) is 13.9. The summed E-state index contributed by atoms with van der Waals surface area (Å²) in [6.45, 7) is 2.14. The van der Waals surface area contributed by atoms with E-state index in [-0.39, 0.29) is 11.4 Å². The average molecular weight is 283 g/mol. The van der Waals surface area contributed by atoms with Gasteiger partial charge < -0.3 is 10.6 Å². The molecule has 1 aliphatic rings. The van der Waals surface area contributed by atoms with Crippen molar-refractivity contribution in [2.24, 2.45) is 0 Å². The Morgan fingerprint density at radius 1 is 1.33 bits per heavy atom. The van der Waals surface area contributed by atoms with E-state index < -0.39 is 0 Å². The number of carbonyl (C=O) groups excluding carboxylic acids is 1. The van der Waals surface area contributed by atoms with Gasteiger partial charge in [-0.3, -0.25) is 4.79 Å². The Balaban J connectivity index is 2.00. The van der Waals surface area contributed by atoms with Gasteiger partial charge in [-0.15, -0.1) is 0 Å². The molecule has 21 heavy (non-hydrogen) atoms. The van der Waals surface area contributed by atoms with Crippen LogP contribution in [0, 0.1) is 0 Å². The molecule has 0 atom stereocenters. The van der Waals surface area contributed by atoms with Crippen LogP contribution >= 0.6 is 0 Å². The minimum absolute atomic E-state index is 0.00125. The van der Waals surface area contributed by atoms with Crippen LogP contribution in [0.15, 0.2) is 30.3 Å². The molecule has 1 aliphatic carbocycles. The van der Waals surface area contributed by atoms with Crippen molar-refractivity contribution in [1.82, 2.24) is 10.3 Å². The summed E-state index contributed by atoms with van der Waals surface area (Å²) in [5.41, 5.74) is 1.54. The number of hydrogen-bond acceptors (Lipinski definition) is 3. The summed E-state index contributed by atoms with van der Waals surface area (Å²) in [4.78, 5) is 17.2. The predicted octanol–water partition coefficient (Wildman–Crippen LogP) is 3.34. The number of fused-ring (bicyclic) bond motifs is 1. The lowest BCUT2D eigenvalue weighted by Crippen LogP contribution is -2.53. The van der Waals surface area contributed by atoms with Crippen LogP contribution in [-0.4, -0.2) is 23.5 Å². The highest BCUT2D eigenvalue weighted by molar-refractivity contribution is 6.07. The van der Waals surface area contributed by atoms with Gasteiger partial charge in [0.15, 0.2) is 0 Å². The molecule has 4 heteroatoms. The molecule has 0 radical (unpaired) electrons. The molecule has 1 aromatic carbocycles. The monoisotopic (exact) mass is 283 g/mol. The van der Waals surface area contributed by atoms with Gasteiger partial charge in [-0.2, -0.15) is 0 Å². The Kier molecular flexibility index (Phi) is 3.53. The second kappa shape index (κ2) is 5.35. The van der Waals surface area contributed by atoms with Crippen LogP contribution in [0.5, 0.6) is 0 Å². The second-order valence-corrected chi connectivity index (χ2v) is 5.76. The van der Waals surface area contributed by atoms with Crippen LogP contribution in [0.1, 0.15) is 43.0 Å². The molecule has 2 aromatic rings. The van der Waals surface area contributed by atoms with Crippen molar-refractivity contribution in [2.75, 3.05) is 12.4 Å². The highest BCUT2D eigenvalue weighted by Gasteiger charge is 2.36. The molecule has 1 fully saturated rings. The largest absolute Gasteiger partial charge is 0.373 e. The normalized spacial score (nSPS) is 16.3. The van der Waals surface area contributed by atoms with Crippen molar-refractivity contribution in [3.63, 3.8) is 0 Å². The van der Waals surface area contributed by atoms with Crippen molar-refractivity contribution in [2.45, 2.75) is 38.1 Å². The van der Waals surface area contributed by atoms with E-state index in [2.05, 4.69) is 22.5 Å². The van der Waals surface area contributed by atoms with Gasteiger partial charge in [0.1, 0.15) is 5.82 Å². The van der Waals surface area contributed by atoms with Crippen molar-refractivity contribution < 1.29 is 4.79 Å². The zero-order chi connectivity index (χ0) is 14.9. The molecule has 1 saturated carbocycles. The van der Waals surface area contributed by atoms with E-state index in [1.54, 1.807) is 0 Å². The lowest BCUT2D eigenvalue weighted by Gasteiger charge is -2.42. The molecule has 110 valence electrons. The number of aromatic nitrogens is 1. The third-order valence-corrected chi connectivity index (χ3v) is 4.58. The van der Waals surface area contributed by atoms with Crippen molar-refractivity contribution in [3.8, 4) is 0 Å². The molecule has 1 aromatic heterocycles. The predicted molar refractivity (Wildman–Crippen MR) is 85.6 cm³/mol. The summed E-state index contributed by atoms with van der Waals surface area (Å²) in [5, 5.41) is 7.18. The van der Waals surface area contributed by atoms with E-state index in [1.807, 2.05) is 37.4 Å². The molecule has 0 unspecified atom stereocenters. The topological polar surface area (TPSA) is 54.0 Å². The molecule has 4 nitrogen and oxygen atoms in total. The standard InChI is InChI=1S/C17H21N3O/c1-3-17(9-6-10-17)20-16(21)13-11-15(18-2)19-14-8-5-4-7-12(13)14/h4-5,7-8,11H,3,6,9-10H2,1-2H3,(H,18,19)(H,20,21). The van der Waals surface area contributed by atoms with Crippen LogP contribution in [0.25, 0.3) is 10.9 Å². The van der Waals surface area contributed by atoms with Crippen LogP contribution in [0.3, 0.4) is 0 Å². The SMILES string of the molecule is CCC1(NC(=O)c2cc(NC)nc3ccccc23)CCC1. The van der Waals surface area contributed by atoms with Gasteiger partial charge in [0.25, 0.3) is 5.91 Å². The van der Waals surface area contributed by atoms with Crippen LogP contribution in [0.2, 0.25) is 0 Å². The van der Waals surface area contributed by atoms with Gasteiger partial charge in [0, 0.05) is 18.0 Å². The summed E-state index contributed by atoms with van der Waals surface area (Å²) in [7, 11) is 1.82. The molecule has 0 spiro atoms. The maximum atomic E-state index is 12.7. The minimum atomic E-state index is 0.00125. The number of nitrogens with one attached hydrogen (secondary N) is 2. The minimum Gasteiger partial charge on any atom is -0.373 e. The van der Waals surface area contributed by atoms with Gasteiger partial charge in [-0.1, -0.05) is 25.1 Å². The van der Waals surface area contributed by atoms with Gasteiger partial charge in [0.2, 0.25) is 0 Å². The second-order valence-electron chi connectivity index (χ2n) is 5.76. The van der Waals surface area contributed by atoms with Crippen molar-refractivity contribution in [1.29, 1.82) is 0 Å². The van der Waals surface area contributed by atoms with Crippen molar-refractivity contribution >= 4 is 22.6 Å². The first-order valence-electron chi connectivity index (χ1n) is 7.57. The quantitative estimate of drug-likeness (QED) is 0.905. The summed E-state index contributed by atoms with van der Waals surface area (Å²) < 4.78 is 0. The first-order valence-corrected chi connectivity index (χ1v) is 7.57. The number of hydrogen-bond donors (Lipinski definition) is 2. The van der Waals surface area contributed by atoms with Gasteiger partial charge in [0.05, 0.1) is 11.1 Å². The summed E-state index contributed by atoms with van der Waals surface area (Å²) in [6, 6.07) is 9.61. The number of anilines is 1. The zero-order valence-electron chi connectivity index (χ0n) is 12.6. The third-order valence-electron chi connectivity index (χ3n) is 4.58. The van der Waals surface area contributed by atoms with Crippen molar-refractivity contribution in [3.05, 3.63) is 35.9 Å². The summed E-state index contributed by atoms with van der Waals surface area (Å²) in [5.74, 6) is 0.727. The van der Waals surface area contributed by atoms with Crippen LogP contribution < -0.4 is 10.6 Å². The molecular weight excluding hydrogens is 262 g/mol. The molecule has 1 amide bonds. The number of carbonyl (C=O) groups is 1. The Bertz CT molecular complexity index is 671. The molecule has 3 rings (SSSR count). The van der Waals surface area contributed by atoms with Gasteiger partial charge in [-0.25, -0.2) is 4.98 Å². The number of benzene rings is 1. The van der Waals surface area contributed by atoms with Crippen LogP contribution in [0.4, 0.5) is 5.82 Å². The number of pyridine rings is 1. The van der Waals surface area contributed by atoms with Gasteiger partial charge in [-0.05, 0) is 37.8 Å². The highest BCUT2D eigenvalue weighted by atomic mass is 16.1. The fourth-order valence-corrected chi connectivity index (χ4v) is 2.97. The van der Waals surface area contributed by atoms with E-state index in [4.69, 9.17) is 0 Å². The van der Waals surface area contributed by atoms with Gasteiger partial charge >= 0.3 is 0 Å². The maximum Gasteiger partial charge on any atom is 0.252 e. The number of amides is 1. The summed E-state index contributed by atoms with van der Waals surface area (Å²) in [6.07, 6.45) is 4.35. The lowest BCUT2D eigenvalue weighted by atomic mass is 9.74. The molecular formula is C17H21N3O. The number of para-hydroxylation sites is 1. The smallest absolute Gasteiger partial charge is 0.252 e. The van der Waals surface area contributed by atoms with E-state index in [0.717, 1.165) is 36.0 Å². The Hall–Kier alpha value is -2.10. The Morgan fingerprint density at radius 3 is 2.71 bits per heavy atom. The van der Waals surface area contributed by atoms with E-state index in [9.17, 15) is 4.79 Å². The molecule has 0 bridgehead atoms. The number of nitrogens with zero attached hydrogens (tertiary/aromatic N) is 1. The Morgan fingerprint density at radius 2 is 2.10 bits per heavy atom. The molecule has 2 N–H and O–H groups in total.